The molecule has 2 aromatic rings. The molecule has 0 radical (unpaired) electrons. The van der Waals surface area contributed by atoms with Crippen LogP contribution < -0.4 is 5.32 Å². The quantitative estimate of drug-likeness (QED) is 0.849. The van der Waals surface area contributed by atoms with Crippen molar-refractivity contribution in [2.75, 3.05) is 0 Å². The summed E-state index contributed by atoms with van der Waals surface area (Å²) in [7, 11) is 1.92. The van der Waals surface area contributed by atoms with Crippen molar-refractivity contribution in [2.45, 2.75) is 32.7 Å². The number of carbonyl (C=O) groups excluding carboxylic acids is 1. The zero-order valence-electron chi connectivity index (χ0n) is 12.3. The van der Waals surface area contributed by atoms with Gasteiger partial charge in [0.2, 0.25) is 11.2 Å². The Balaban J connectivity index is 1.94. The number of hydrogen-bond acceptors (Lipinski definition) is 4. The lowest BCUT2D eigenvalue weighted by molar-refractivity contribution is -0.122. The van der Waals surface area contributed by atoms with E-state index in [9.17, 15) is 4.79 Å². The summed E-state index contributed by atoms with van der Waals surface area (Å²) < 4.78 is 1.92. The first-order valence-electron chi connectivity index (χ1n) is 6.80. The van der Waals surface area contributed by atoms with Gasteiger partial charge in [-0.3, -0.25) is 9.89 Å². The van der Waals surface area contributed by atoms with E-state index in [1.165, 1.54) is 0 Å². The van der Waals surface area contributed by atoms with E-state index in [1.54, 1.807) is 6.20 Å². The fraction of sp³-hybridized carbons (Fsp3) is 0.538. The molecule has 2 heterocycles. The molecule has 7 nitrogen and oxygen atoms in total. The number of H-pyrrole nitrogens is 1. The van der Waals surface area contributed by atoms with E-state index in [0.717, 1.165) is 5.82 Å². The van der Waals surface area contributed by atoms with Crippen LogP contribution in [0.1, 0.15) is 38.0 Å². The number of nitrogens with zero attached hydrogens (tertiary/aromatic N) is 4. The number of imidazole rings is 1. The molecule has 0 fully saturated rings. The summed E-state index contributed by atoms with van der Waals surface area (Å²) in [4.78, 5) is 20.4. The van der Waals surface area contributed by atoms with E-state index >= 15 is 0 Å². The van der Waals surface area contributed by atoms with Gasteiger partial charge in [0.25, 0.3) is 0 Å². The minimum absolute atomic E-state index is 0.0516. The van der Waals surface area contributed by atoms with Crippen LogP contribution in [0.15, 0.2) is 12.4 Å². The minimum Gasteiger partial charge on any atom is -0.346 e. The van der Waals surface area contributed by atoms with E-state index in [-0.39, 0.29) is 23.2 Å². The van der Waals surface area contributed by atoms with Gasteiger partial charge in [0, 0.05) is 32.3 Å². The molecule has 2 N–H and O–H groups in total. The monoisotopic (exact) mass is 310 g/mol. The first-order chi connectivity index (χ1) is 9.97. The van der Waals surface area contributed by atoms with Gasteiger partial charge in [-0.05, 0) is 17.5 Å². The van der Waals surface area contributed by atoms with Gasteiger partial charge in [-0.1, -0.05) is 13.8 Å². The summed E-state index contributed by atoms with van der Waals surface area (Å²) in [5.41, 5.74) is 0. The Morgan fingerprint density at radius 1 is 1.52 bits per heavy atom. The fourth-order valence-corrected chi connectivity index (χ4v) is 2.21. The van der Waals surface area contributed by atoms with Crippen LogP contribution in [0.5, 0.6) is 0 Å². The highest BCUT2D eigenvalue weighted by molar-refractivity contribution is 6.28. The van der Waals surface area contributed by atoms with E-state index in [2.05, 4.69) is 39.3 Å². The van der Waals surface area contributed by atoms with Gasteiger partial charge < -0.3 is 9.88 Å². The summed E-state index contributed by atoms with van der Waals surface area (Å²) in [6.45, 7) is 4.10. The highest BCUT2D eigenvalue weighted by atomic mass is 35.5. The maximum Gasteiger partial charge on any atom is 0.242 e. The number of aromatic amines is 1. The highest BCUT2D eigenvalue weighted by Crippen LogP contribution is 2.19. The number of nitrogens with one attached hydrogen (secondary N) is 2. The molecule has 114 valence electrons. The molecule has 0 bridgehead atoms. The standard InChI is InChI=1S/C13H19ClN6O/c1-8(2)11(12-15-6-7-20(12)3)17-10(21)5-4-9-16-13(14)19-18-9/h6-8,11H,4-5H2,1-3H3,(H,17,21)(H,16,18,19). The Bertz CT molecular complexity index is 605. The number of amides is 1. The van der Waals surface area contributed by atoms with Crippen LogP contribution in [0.3, 0.4) is 0 Å². The molecular formula is C13H19ClN6O. The zero-order chi connectivity index (χ0) is 15.4. The zero-order valence-corrected chi connectivity index (χ0v) is 13.1. The second-order valence-corrected chi connectivity index (χ2v) is 5.57. The van der Waals surface area contributed by atoms with Gasteiger partial charge in [0.05, 0.1) is 6.04 Å². The summed E-state index contributed by atoms with van der Waals surface area (Å²) >= 11 is 5.62. The number of hydrogen-bond donors (Lipinski definition) is 2. The second kappa shape index (κ2) is 6.71. The summed E-state index contributed by atoms with van der Waals surface area (Å²) in [6.07, 6.45) is 4.39. The lowest BCUT2D eigenvalue weighted by Gasteiger charge is -2.22. The van der Waals surface area contributed by atoms with Crippen molar-refractivity contribution >= 4 is 17.5 Å². The molecule has 2 aromatic heterocycles. The van der Waals surface area contributed by atoms with Crippen molar-refractivity contribution in [1.82, 2.24) is 30.0 Å². The molecule has 0 saturated carbocycles. The number of aromatic nitrogens is 5. The minimum atomic E-state index is -0.115. The maximum absolute atomic E-state index is 12.1. The Morgan fingerprint density at radius 3 is 2.81 bits per heavy atom. The molecule has 8 heteroatoms. The Morgan fingerprint density at radius 2 is 2.29 bits per heavy atom. The summed E-state index contributed by atoms with van der Waals surface area (Å²) in [5.74, 6) is 1.65. The van der Waals surface area contributed by atoms with Crippen LogP contribution in [-0.4, -0.2) is 30.6 Å². The highest BCUT2D eigenvalue weighted by Gasteiger charge is 2.21. The average Bonchev–Trinajstić information content (AvgIpc) is 3.02. The number of rotatable bonds is 6. The lowest BCUT2D eigenvalue weighted by atomic mass is 10.0. The number of aryl methyl sites for hydroxylation is 2. The van der Waals surface area contributed by atoms with Crippen LogP contribution in [0, 0.1) is 5.92 Å². The predicted molar refractivity (Wildman–Crippen MR) is 78.6 cm³/mol. The lowest BCUT2D eigenvalue weighted by Crippen LogP contribution is -2.33. The Hall–Kier alpha value is -1.89. The van der Waals surface area contributed by atoms with Crippen LogP contribution in [0.4, 0.5) is 0 Å². The van der Waals surface area contributed by atoms with E-state index < -0.39 is 0 Å². The molecule has 1 atom stereocenters. The third-order valence-electron chi connectivity index (χ3n) is 3.21. The molecule has 1 amide bonds. The molecule has 0 aromatic carbocycles. The molecule has 0 aliphatic heterocycles. The molecule has 0 aliphatic rings. The molecule has 0 aliphatic carbocycles. The van der Waals surface area contributed by atoms with Gasteiger partial charge in [-0.2, -0.15) is 0 Å². The van der Waals surface area contributed by atoms with Gasteiger partial charge in [-0.15, -0.1) is 5.10 Å². The van der Waals surface area contributed by atoms with Crippen molar-refractivity contribution < 1.29 is 4.79 Å². The van der Waals surface area contributed by atoms with Gasteiger partial charge >= 0.3 is 0 Å². The Kier molecular flexibility index (Phi) is 4.95. The van der Waals surface area contributed by atoms with Crippen LogP contribution in [0.2, 0.25) is 5.28 Å². The first-order valence-corrected chi connectivity index (χ1v) is 7.18. The molecule has 1 unspecified atom stereocenters. The maximum atomic E-state index is 12.1. The van der Waals surface area contributed by atoms with E-state index in [0.29, 0.717) is 18.7 Å². The molecule has 0 saturated heterocycles. The molecular weight excluding hydrogens is 292 g/mol. The van der Waals surface area contributed by atoms with Crippen molar-refractivity contribution in [1.29, 1.82) is 0 Å². The van der Waals surface area contributed by atoms with E-state index in [4.69, 9.17) is 11.6 Å². The van der Waals surface area contributed by atoms with Crippen molar-refractivity contribution in [3.63, 3.8) is 0 Å². The number of halogens is 1. The third kappa shape index (κ3) is 4.04. The van der Waals surface area contributed by atoms with Crippen molar-refractivity contribution in [2.24, 2.45) is 13.0 Å². The van der Waals surface area contributed by atoms with Crippen LogP contribution in [-0.2, 0) is 18.3 Å². The second-order valence-electron chi connectivity index (χ2n) is 5.24. The third-order valence-corrected chi connectivity index (χ3v) is 3.38. The van der Waals surface area contributed by atoms with Gasteiger partial charge in [-0.25, -0.2) is 9.97 Å². The van der Waals surface area contributed by atoms with Gasteiger partial charge in [0.15, 0.2) is 0 Å². The van der Waals surface area contributed by atoms with Crippen LogP contribution in [0.25, 0.3) is 0 Å². The van der Waals surface area contributed by atoms with E-state index in [1.807, 2.05) is 17.8 Å². The molecule has 21 heavy (non-hydrogen) atoms. The normalized spacial score (nSPS) is 12.6. The molecule has 0 spiro atoms. The summed E-state index contributed by atoms with van der Waals surface area (Å²) in [6, 6.07) is -0.115. The smallest absolute Gasteiger partial charge is 0.242 e. The first kappa shape index (κ1) is 15.5. The predicted octanol–water partition coefficient (Wildman–Crippen LogP) is 1.64. The van der Waals surface area contributed by atoms with Crippen molar-refractivity contribution in [3.05, 3.63) is 29.3 Å². The average molecular weight is 311 g/mol. The SMILES string of the molecule is CC(C)C(NC(=O)CCc1nc(Cl)n[nH]1)c1nccn1C. The van der Waals surface area contributed by atoms with Crippen molar-refractivity contribution in [3.8, 4) is 0 Å². The fourth-order valence-electron chi connectivity index (χ4n) is 2.07. The largest absolute Gasteiger partial charge is 0.346 e. The Labute approximate surface area is 128 Å². The topological polar surface area (TPSA) is 88.5 Å². The van der Waals surface area contributed by atoms with Gasteiger partial charge in [0.1, 0.15) is 11.6 Å². The summed E-state index contributed by atoms with van der Waals surface area (Å²) in [5, 5.41) is 9.59. The number of carbonyl (C=O) groups is 1. The van der Waals surface area contributed by atoms with Crippen LogP contribution >= 0.6 is 11.6 Å². The molecule has 2 rings (SSSR count).